The number of ether oxygens (including phenoxy) is 5. The van der Waals surface area contributed by atoms with Crippen LogP contribution in [0.5, 0.6) is 17.2 Å². The van der Waals surface area contributed by atoms with E-state index in [0.29, 0.717) is 39.0 Å². The Morgan fingerprint density at radius 2 is 1.63 bits per heavy atom. The number of aromatic amines is 1. The Morgan fingerprint density at radius 1 is 0.927 bits per heavy atom. The number of hydrogen-bond donors (Lipinski definition) is 2. The number of carbonyl (C=O) groups is 2. The van der Waals surface area contributed by atoms with Crippen LogP contribution >= 0.6 is 11.6 Å². The van der Waals surface area contributed by atoms with Crippen molar-refractivity contribution in [2.75, 3.05) is 20.3 Å². The van der Waals surface area contributed by atoms with Gasteiger partial charge in [-0.25, -0.2) is 4.79 Å². The van der Waals surface area contributed by atoms with E-state index in [1.54, 1.807) is 89.3 Å². The number of methoxy groups -OCH3 is 1. The average molecular weight is 587 g/mol. The molecule has 2 N–H and O–H groups in total. The van der Waals surface area contributed by atoms with Crippen molar-refractivity contribution in [2.45, 2.75) is 52.4 Å². The van der Waals surface area contributed by atoms with Crippen molar-refractivity contribution in [2.24, 2.45) is 0 Å². The standard InChI is InChI=1S/C30H35ClN2O8/c1-29(2,3)41-28(36)33-16-25(34)40-30(4,5)18-39-23-12-7-19(15-24(23)37-6)26-20(13-14-32-27(26)35)17-38-22-10-8-21(31)9-11-22/h7-15H,16-18H2,1-6H3,(H,32,35)(H,33,36). The Balaban J connectivity index is 1.67. The summed E-state index contributed by atoms with van der Waals surface area (Å²) in [5.41, 5.74) is -0.295. The number of carbonyl (C=O) groups excluding carboxylic acids is 2. The highest BCUT2D eigenvalue weighted by Gasteiger charge is 2.26. The van der Waals surface area contributed by atoms with Crippen molar-refractivity contribution in [3.63, 3.8) is 0 Å². The number of alkyl carbamates (subject to hydrolysis) is 1. The van der Waals surface area contributed by atoms with Gasteiger partial charge in [-0.2, -0.15) is 0 Å². The minimum absolute atomic E-state index is 0.00696. The first-order valence-electron chi connectivity index (χ1n) is 12.9. The van der Waals surface area contributed by atoms with Gasteiger partial charge in [-0.15, -0.1) is 0 Å². The first-order chi connectivity index (χ1) is 19.3. The molecular formula is C30H35ClN2O8. The van der Waals surface area contributed by atoms with Gasteiger partial charge in [0, 0.05) is 16.8 Å². The summed E-state index contributed by atoms with van der Waals surface area (Å²) in [7, 11) is 1.49. The van der Waals surface area contributed by atoms with Crippen LogP contribution in [-0.4, -0.2) is 48.5 Å². The lowest BCUT2D eigenvalue weighted by molar-refractivity contribution is -0.157. The number of esters is 1. The van der Waals surface area contributed by atoms with Crippen molar-refractivity contribution >= 4 is 23.7 Å². The number of aromatic nitrogens is 1. The van der Waals surface area contributed by atoms with Gasteiger partial charge in [0.25, 0.3) is 5.56 Å². The Bertz CT molecular complexity index is 1410. The number of pyridine rings is 1. The molecule has 3 rings (SSSR count). The van der Waals surface area contributed by atoms with Crippen molar-refractivity contribution in [1.29, 1.82) is 0 Å². The lowest BCUT2D eigenvalue weighted by Crippen LogP contribution is -2.40. The number of nitrogens with one attached hydrogen (secondary N) is 2. The van der Waals surface area contributed by atoms with Gasteiger partial charge in [0.15, 0.2) is 11.5 Å². The molecule has 0 aliphatic carbocycles. The molecule has 0 atom stereocenters. The van der Waals surface area contributed by atoms with Gasteiger partial charge in [-0.05, 0) is 82.6 Å². The van der Waals surface area contributed by atoms with Crippen LogP contribution in [0.3, 0.4) is 0 Å². The van der Waals surface area contributed by atoms with E-state index in [0.717, 1.165) is 0 Å². The van der Waals surface area contributed by atoms with Gasteiger partial charge < -0.3 is 34.0 Å². The zero-order valence-corrected chi connectivity index (χ0v) is 24.7. The summed E-state index contributed by atoms with van der Waals surface area (Å²) in [6.07, 6.45) is 0.846. The lowest BCUT2D eigenvalue weighted by Gasteiger charge is -2.26. The van der Waals surface area contributed by atoms with Gasteiger partial charge >= 0.3 is 12.1 Å². The second kappa shape index (κ2) is 13.5. The largest absolute Gasteiger partial charge is 0.493 e. The SMILES string of the molecule is COc1cc(-c2c(COc3ccc(Cl)cc3)cc[nH]c2=O)ccc1OCC(C)(C)OC(=O)CNC(=O)OC(C)(C)C. The van der Waals surface area contributed by atoms with E-state index in [4.69, 9.17) is 35.3 Å². The predicted molar refractivity (Wildman–Crippen MR) is 155 cm³/mol. The molecule has 1 heterocycles. The molecule has 0 fully saturated rings. The van der Waals surface area contributed by atoms with Gasteiger partial charge in [0.05, 0.1) is 12.7 Å². The van der Waals surface area contributed by atoms with E-state index in [9.17, 15) is 14.4 Å². The van der Waals surface area contributed by atoms with Crippen LogP contribution in [0, 0.1) is 0 Å². The third-order valence-electron chi connectivity index (χ3n) is 5.45. The maximum absolute atomic E-state index is 12.8. The van der Waals surface area contributed by atoms with Crippen LogP contribution < -0.4 is 25.1 Å². The molecule has 3 aromatic rings. The fourth-order valence-electron chi connectivity index (χ4n) is 3.67. The third kappa shape index (κ3) is 9.75. The summed E-state index contributed by atoms with van der Waals surface area (Å²) in [5.74, 6) is 0.733. The van der Waals surface area contributed by atoms with Gasteiger partial charge in [-0.3, -0.25) is 9.59 Å². The predicted octanol–water partition coefficient (Wildman–Crippen LogP) is 5.51. The molecular weight excluding hydrogens is 552 g/mol. The maximum atomic E-state index is 12.8. The normalized spacial score (nSPS) is 11.4. The molecule has 0 aliphatic heterocycles. The van der Waals surface area contributed by atoms with E-state index in [1.807, 2.05) is 0 Å². The topological polar surface area (TPSA) is 125 Å². The summed E-state index contributed by atoms with van der Waals surface area (Å²) in [5, 5.41) is 2.96. The highest BCUT2D eigenvalue weighted by Crippen LogP contribution is 2.33. The Morgan fingerprint density at radius 3 is 2.29 bits per heavy atom. The second-order valence-electron chi connectivity index (χ2n) is 10.7. The van der Waals surface area contributed by atoms with Gasteiger partial charge in [0.2, 0.25) is 0 Å². The molecule has 1 aromatic heterocycles. The number of rotatable bonds is 11. The Hall–Kier alpha value is -4.18. The minimum atomic E-state index is -1.03. The molecule has 0 radical (unpaired) electrons. The van der Waals surface area contributed by atoms with Crippen molar-refractivity contribution in [3.8, 4) is 28.4 Å². The molecule has 10 nitrogen and oxygen atoms in total. The monoisotopic (exact) mass is 586 g/mol. The zero-order valence-electron chi connectivity index (χ0n) is 24.0. The van der Waals surface area contributed by atoms with E-state index in [1.165, 1.54) is 7.11 Å². The summed E-state index contributed by atoms with van der Waals surface area (Å²) in [4.78, 5) is 39.6. The third-order valence-corrected chi connectivity index (χ3v) is 5.70. The fourth-order valence-corrected chi connectivity index (χ4v) is 3.80. The first-order valence-corrected chi connectivity index (χ1v) is 13.2. The van der Waals surface area contributed by atoms with Crippen molar-refractivity contribution in [1.82, 2.24) is 10.3 Å². The second-order valence-corrected chi connectivity index (χ2v) is 11.1. The van der Waals surface area contributed by atoms with Crippen molar-refractivity contribution in [3.05, 3.63) is 75.7 Å². The number of halogens is 1. The van der Waals surface area contributed by atoms with E-state index in [-0.39, 0.29) is 25.3 Å². The molecule has 0 saturated carbocycles. The van der Waals surface area contributed by atoms with E-state index in [2.05, 4.69) is 10.3 Å². The molecule has 0 unspecified atom stereocenters. The molecule has 1 amide bonds. The highest BCUT2D eigenvalue weighted by molar-refractivity contribution is 6.30. The molecule has 0 bridgehead atoms. The fraction of sp³-hybridized carbons (Fsp3) is 0.367. The Labute approximate surface area is 243 Å². The highest BCUT2D eigenvalue weighted by atomic mass is 35.5. The Kier molecular flexibility index (Phi) is 10.3. The maximum Gasteiger partial charge on any atom is 0.408 e. The number of hydrogen-bond acceptors (Lipinski definition) is 8. The lowest BCUT2D eigenvalue weighted by atomic mass is 10.0. The molecule has 11 heteroatoms. The molecule has 0 aliphatic rings. The van der Waals surface area contributed by atoms with Gasteiger partial charge in [-0.1, -0.05) is 17.7 Å². The molecule has 41 heavy (non-hydrogen) atoms. The van der Waals surface area contributed by atoms with Crippen LogP contribution in [-0.2, 0) is 20.9 Å². The minimum Gasteiger partial charge on any atom is -0.493 e. The smallest absolute Gasteiger partial charge is 0.408 e. The van der Waals surface area contributed by atoms with E-state index >= 15 is 0 Å². The van der Waals surface area contributed by atoms with Crippen molar-refractivity contribution < 1.29 is 33.3 Å². The van der Waals surface area contributed by atoms with Crippen LogP contribution in [0.25, 0.3) is 11.1 Å². The summed E-state index contributed by atoms with van der Waals surface area (Å²) in [6, 6.07) is 13.8. The quantitative estimate of drug-likeness (QED) is 0.282. The summed E-state index contributed by atoms with van der Waals surface area (Å²) < 4.78 is 27.9. The van der Waals surface area contributed by atoms with E-state index < -0.39 is 23.3 Å². The van der Waals surface area contributed by atoms with Crippen LogP contribution in [0.15, 0.2) is 59.5 Å². The van der Waals surface area contributed by atoms with Crippen LogP contribution in [0.1, 0.15) is 40.2 Å². The zero-order chi connectivity index (χ0) is 30.2. The summed E-state index contributed by atoms with van der Waals surface area (Å²) >= 11 is 5.94. The molecule has 2 aromatic carbocycles. The number of benzene rings is 2. The van der Waals surface area contributed by atoms with Crippen LogP contribution in [0.4, 0.5) is 4.79 Å². The number of amides is 1. The number of H-pyrrole nitrogens is 1. The van der Waals surface area contributed by atoms with Crippen LogP contribution in [0.2, 0.25) is 5.02 Å². The van der Waals surface area contributed by atoms with Gasteiger partial charge in [0.1, 0.15) is 36.7 Å². The first kappa shape index (κ1) is 31.3. The molecule has 220 valence electrons. The molecule has 0 saturated heterocycles. The summed E-state index contributed by atoms with van der Waals surface area (Å²) in [6.45, 7) is 8.31. The average Bonchev–Trinajstić information content (AvgIpc) is 2.89. The molecule has 0 spiro atoms.